The molecule has 0 bridgehead atoms. The summed E-state index contributed by atoms with van der Waals surface area (Å²) in [6.45, 7) is 2.90. The monoisotopic (exact) mass is 346 g/mol. The third kappa shape index (κ3) is 10.6. The van der Waals surface area contributed by atoms with E-state index in [0.29, 0.717) is 6.42 Å². The van der Waals surface area contributed by atoms with E-state index in [1.807, 2.05) is 0 Å². The fraction of sp³-hybridized carbons (Fsp3) is 1.00. The lowest BCUT2D eigenvalue weighted by atomic mass is 10.0. The number of hydrogen-bond donors (Lipinski definition) is 3. The highest BCUT2D eigenvalue weighted by Crippen LogP contribution is 2.57. The van der Waals surface area contributed by atoms with Crippen molar-refractivity contribution in [3.63, 3.8) is 0 Å². The molecule has 21 heavy (non-hydrogen) atoms. The van der Waals surface area contributed by atoms with E-state index in [-0.39, 0.29) is 12.2 Å². The van der Waals surface area contributed by atoms with Crippen molar-refractivity contribution in [1.29, 1.82) is 0 Å². The summed E-state index contributed by atoms with van der Waals surface area (Å²) in [6, 6.07) is 0. The third-order valence-corrected chi connectivity index (χ3v) is 5.39. The number of unbranched alkanes of at least 4 members (excludes halogenated alkanes) is 5. The fourth-order valence-corrected chi connectivity index (χ4v) is 3.54. The molecule has 1 saturated heterocycles. The minimum absolute atomic E-state index is 0.0698. The van der Waals surface area contributed by atoms with E-state index < -0.39 is 15.6 Å². The summed E-state index contributed by atoms with van der Waals surface area (Å²) < 4.78 is 34.9. The summed E-state index contributed by atoms with van der Waals surface area (Å²) in [5.41, 5.74) is 0.120. The highest BCUT2D eigenvalue weighted by Gasteiger charge is 2.37. The maximum absolute atomic E-state index is 11.1. The molecule has 126 valence electrons. The van der Waals surface area contributed by atoms with Gasteiger partial charge in [-0.25, -0.2) is 9.13 Å². The van der Waals surface area contributed by atoms with Crippen LogP contribution < -0.4 is 0 Å². The predicted octanol–water partition coefficient (Wildman–Crippen LogP) is 2.73. The van der Waals surface area contributed by atoms with Gasteiger partial charge in [-0.2, -0.15) is 4.31 Å². The van der Waals surface area contributed by atoms with Gasteiger partial charge < -0.3 is 19.4 Å². The van der Waals surface area contributed by atoms with Gasteiger partial charge >= 0.3 is 15.6 Å². The van der Waals surface area contributed by atoms with Gasteiger partial charge in [-0.15, -0.1) is 0 Å². The first-order valence-corrected chi connectivity index (χ1v) is 10.0. The molecule has 1 aliphatic heterocycles. The van der Waals surface area contributed by atoms with E-state index in [4.69, 9.17) is 19.4 Å². The molecule has 1 aliphatic rings. The average Bonchev–Trinajstić information content (AvgIpc) is 3.02. The second-order valence-electron chi connectivity index (χ2n) is 5.48. The van der Waals surface area contributed by atoms with Crippen LogP contribution in [0, 0.1) is 0 Å². The van der Waals surface area contributed by atoms with Gasteiger partial charge in [0, 0.05) is 0 Å². The molecule has 1 fully saturated rings. The second-order valence-corrected chi connectivity index (χ2v) is 8.31. The van der Waals surface area contributed by atoms with E-state index in [9.17, 15) is 9.13 Å². The van der Waals surface area contributed by atoms with Crippen LogP contribution >= 0.6 is 15.6 Å². The van der Waals surface area contributed by atoms with Crippen LogP contribution in [0.3, 0.4) is 0 Å². The molecule has 3 N–H and O–H groups in total. The van der Waals surface area contributed by atoms with Gasteiger partial charge in [0.1, 0.15) is 0 Å². The zero-order chi connectivity index (χ0) is 16.0. The second kappa shape index (κ2) is 8.18. The summed E-state index contributed by atoms with van der Waals surface area (Å²) in [5.74, 6) is 0. The van der Waals surface area contributed by atoms with Crippen LogP contribution in [0.2, 0.25) is 0 Å². The number of hydrogen-bond acceptors (Lipinski definition) is 5. The lowest BCUT2D eigenvalue weighted by molar-refractivity contribution is 0.176. The minimum Gasteiger partial charge on any atom is -0.370 e. The first-order chi connectivity index (χ1) is 9.62. The van der Waals surface area contributed by atoms with E-state index in [1.54, 1.807) is 0 Å². The predicted molar refractivity (Wildman–Crippen MR) is 75.6 cm³/mol. The smallest absolute Gasteiger partial charge is 0.370 e. The van der Waals surface area contributed by atoms with Crippen molar-refractivity contribution in [3.05, 3.63) is 0 Å². The first-order valence-electron chi connectivity index (χ1n) is 7.00. The molecular formula is C11H24O8P2. The Morgan fingerprint density at radius 1 is 1.05 bits per heavy atom. The Balaban J connectivity index is 1.92. The van der Waals surface area contributed by atoms with Gasteiger partial charge in [0.05, 0.1) is 18.8 Å². The van der Waals surface area contributed by atoms with Crippen molar-refractivity contribution in [1.82, 2.24) is 0 Å². The molecular weight excluding hydrogens is 322 g/mol. The Morgan fingerprint density at radius 3 is 2.10 bits per heavy atom. The molecule has 2 atom stereocenters. The SMILES string of the molecule is CC1(CCCCCCCCOP(=O)(O)OP(=O)(O)O)CO1. The van der Waals surface area contributed by atoms with Crippen LogP contribution in [-0.4, -0.2) is 33.5 Å². The topological polar surface area (TPSA) is 126 Å². The molecule has 0 aromatic heterocycles. The summed E-state index contributed by atoms with van der Waals surface area (Å²) in [7, 11) is -9.69. The molecule has 0 aromatic rings. The van der Waals surface area contributed by atoms with Gasteiger partial charge in [-0.1, -0.05) is 32.1 Å². The number of ether oxygens (including phenoxy) is 1. The molecule has 1 rings (SSSR count). The quantitative estimate of drug-likeness (QED) is 0.280. The first kappa shape index (κ1) is 19.3. The molecule has 0 radical (unpaired) electrons. The Labute approximate surface area is 124 Å². The van der Waals surface area contributed by atoms with E-state index in [1.165, 1.54) is 0 Å². The van der Waals surface area contributed by atoms with Gasteiger partial charge in [0.2, 0.25) is 0 Å². The summed E-state index contributed by atoms with van der Waals surface area (Å²) in [5, 5.41) is 0. The van der Waals surface area contributed by atoms with Crippen LogP contribution in [-0.2, 0) is 22.7 Å². The Morgan fingerprint density at radius 2 is 1.57 bits per heavy atom. The molecule has 2 unspecified atom stereocenters. The molecule has 0 aromatic carbocycles. The minimum atomic E-state index is -5.02. The van der Waals surface area contributed by atoms with Crippen molar-refractivity contribution < 1.29 is 37.4 Å². The summed E-state index contributed by atoms with van der Waals surface area (Å²) in [4.78, 5) is 25.8. The number of epoxide rings is 1. The molecule has 0 amide bonds. The van der Waals surface area contributed by atoms with Crippen molar-refractivity contribution in [2.24, 2.45) is 0 Å². The zero-order valence-electron chi connectivity index (χ0n) is 12.1. The number of phosphoric acid groups is 2. The van der Waals surface area contributed by atoms with Crippen LogP contribution in [0.1, 0.15) is 51.9 Å². The van der Waals surface area contributed by atoms with Gasteiger partial charge in [0.25, 0.3) is 0 Å². The lowest BCUT2D eigenvalue weighted by Crippen LogP contribution is -2.02. The number of phosphoric ester groups is 1. The molecule has 0 spiro atoms. The van der Waals surface area contributed by atoms with Crippen LogP contribution in [0.5, 0.6) is 0 Å². The molecule has 1 heterocycles. The molecule has 10 heteroatoms. The third-order valence-electron chi connectivity index (χ3n) is 3.20. The molecule has 0 aliphatic carbocycles. The van der Waals surface area contributed by atoms with E-state index in [0.717, 1.165) is 45.1 Å². The molecule has 8 nitrogen and oxygen atoms in total. The highest BCUT2D eigenvalue weighted by atomic mass is 31.3. The van der Waals surface area contributed by atoms with E-state index >= 15 is 0 Å². The zero-order valence-corrected chi connectivity index (χ0v) is 13.9. The Kier molecular flexibility index (Phi) is 7.50. The van der Waals surface area contributed by atoms with Crippen molar-refractivity contribution in [3.8, 4) is 0 Å². The summed E-state index contributed by atoms with van der Waals surface area (Å²) >= 11 is 0. The van der Waals surface area contributed by atoms with Crippen LogP contribution in [0.25, 0.3) is 0 Å². The Bertz CT molecular complexity index is 403. The lowest BCUT2D eigenvalue weighted by Gasteiger charge is -2.12. The van der Waals surface area contributed by atoms with Gasteiger partial charge in [-0.3, -0.25) is 4.52 Å². The van der Waals surface area contributed by atoms with Crippen LogP contribution in [0.15, 0.2) is 0 Å². The maximum atomic E-state index is 11.1. The van der Waals surface area contributed by atoms with Crippen molar-refractivity contribution in [2.75, 3.05) is 13.2 Å². The fourth-order valence-electron chi connectivity index (χ4n) is 1.91. The normalized spacial score (nSPS) is 24.8. The summed E-state index contributed by atoms with van der Waals surface area (Å²) in [6.07, 6.45) is 6.76. The number of rotatable bonds is 12. The van der Waals surface area contributed by atoms with Crippen molar-refractivity contribution >= 4 is 15.6 Å². The highest BCUT2D eigenvalue weighted by molar-refractivity contribution is 7.60. The van der Waals surface area contributed by atoms with Gasteiger partial charge in [-0.05, 0) is 19.8 Å². The van der Waals surface area contributed by atoms with Gasteiger partial charge in [0.15, 0.2) is 0 Å². The Hall–Kier alpha value is 0.220. The molecule has 0 saturated carbocycles. The average molecular weight is 346 g/mol. The standard InChI is InChI=1S/C11H24O8P2/c1-11(10-17-11)8-6-4-2-3-5-7-9-18-21(15,16)19-20(12,13)14/h2-10H2,1H3,(H,15,16)(H2,12,13,14). The largest absolute Gasteiger partial charge is 0.481 e. The maximum Gasteiger partial charge on any atom is 0.481 e. The van der Waals surface area contributed by atoms with Crippen LogP contribution in [0.4, 0.5) is 0 Å². The van der Waals surface area contributed by atoms with E-state index in [2.05, 4.69) is 15.8 Å². The van der Waals surface area contributed by atoms with Crippen molar-refractivity contribution in [2.45, 2.75) is 57.5 Å².